The summed E-state index contributed by atoms with van der Waals surface area (Å²) in [5.74, 6) is 0.521. The van der Waals surface area contributed by atoms with Gasteiger partial charge in [-0.3, -0.25) is 4.72 Å². The van der Waals surface area contributed by atoms with E-state index in [1.54, 1.807) is 19.1 Å². The Morgan fingerprint density at radius 2 is 1.95 bits per heavy atom. The highest BCUT2D eigenvalue weighted by molar-refractivity contribution is 7.90. The van der Waals surface area contributed by atoms with Crippen molar-refractivity contribution in [3.8, 4) is 5.75 Å². The van der Waals surface area contributed by atoms with E-state index in [0.29, 0.717) is 24.6 Å². The number of hydrogen-bond acceptors (Lipinski definition) is 3. The van der Waals surface area contributed by atoms with Crippen molar-refractivity contribution in [3.63, 3.8) is 0 Å². The number of rotatable bonds is 3. The van der Waals surface area contributed by atoms with Crippen LogP contribution in [0.1, 0.15) is 25.3 Å². The minimum atomic E-state index is -3.58. The molecule has 0 spiro atoms. The molecule has 0 aromatic heterocycles. The molecule has 5 nitrogen and oxygen atoms in total. The van der Waals surface area contributed by atoms with Crippen molar-refractivity contribution in [3.05, 3.63) is 23.8 Å². The lowest BCUT2D eigenvalue weighted by molar-refractivity contribution is 0.289. The zero-order valence-electron chi connectivity index (χ0n) is 11.3. The Kier molecular flexibility index (Phi) is 4.01. The molecule has 0 bridgehead atoms. The van der Waals surface area contributed by atoms with Crippen LogP contribution in [0.25, 0.3) is 0 Å². The largest absolute Gasteiger partial charge is 0.506 e. The Balaban J connectivity index is 2.17. The molecular formula is C13H20N2O3S. The Morgan fingerprint density at radius 3 is 2.53 bits per heavy atom. The van der Waals surface area contributed by atoms with E-state index in [0.717, 1.165) is 12.8 Å². The molecule has 1 aliphatic heterocycles. The molecule has 6 heteroatoms. The number of hydrogen-bond donors (Lipinski definition) is 2. The third kappa shape index (κ3) is 3.19. The molecule has 1 heterocycles. The molecule has 0 aliphatic carbocycles. The van der Waals surface area contributed by atoms with Crippen molar-refractivity contribution in [2.75, 3.05) is 17.8 Å². The van der Waals surface area contributed by atoms with Gasteiger partial charge in [-0.15, -0.1) is 0 Å². The molecule has 1 aromatic rings. The predicted molar refractivity (Wildman–Crippen MR) is 75.4 cm³/mol. The summed E-state index contributed by atoms with van der Waals surface area (Å²) in [4.78, 5) is 0. The van der Waals surface area contributed by atoms with Gasteiger partial charge in [0.15, 0.2) is 0 Å². The smallest absolute Gasteiger partial charge is 0.301 e. The Morgan fingerprint density at radius 1 is 1.32 bits per heavy atom. The SMILES string of the molecule is Cc1cccc(O)c1NS(=O)(=O)N1CCC(C)CC1. The van der Waals surface area contributed by atoms with Crippen molar-refractivity contribution in [2.45, 2.75) is 26.7 Å². The minimum Gasteiger partial charge on any atom is -0.506 e. The van der Waals surface area contributed by atoms with Crippen LogP contribution >= 0.6 is 0 Å². The van der Waals surface area contributed by atoms with E-state index >= 15 is 0 Å². The first-order valence-corrected chi connectivity index (χ1v) is 7.90. The summed E-state index contributed by atoms with van der Waals surface area (Å²) in [6.45, 7) is 4.95. The van der Waals surface area contributed by atoms with Crippen molar-refractivity contribution in [1.82, 2.24) is 4.31 Å². The average molecular weight is 284 g/mol. The first-order valence-electron chi connectivity index (χ1n) is 6.46. The van der Waals surface area contributed by atoms with Gasteiger partial charge in [-0.05, 0) is 37.3 Å². The minimum absolute atomic E-state index is 0.0473. The summed E-state index contributed by atoms with van der Waals surface area (Å²) in [5.41, 5.74) is 0.968. The summed E-state index contributed by atoms with van der Waals surface area (Å²) in [6.07, 6.45) is 1.75. The fourth-order valence-corrected chi connectivity index (χ4v) is 3.55. The van der Waals surface area contributed by atoms with Crippen molar-refractivity contribution in [1.29, 1.82) is 0 Å². The molecule has 0 amide bonds. The maximum atomic E-state index is 12.3. The molecular weight excluding hydrogens is 264 g/mol. The third-order valence-corrected chi connectivity index (χ3v) is 5.07. The molecule has 0 saturated carbocycles. The monoisotopic (exact) mass is 284 g/mol. The van der Waals surface area contributed by atoms with Gasteiger partial charge in [0.2, 0.25) is 0 Å². The normalized spacial score (nSPS) is 18.4. The van der Waals surface area contributed by atoms with Crippen LogP contribution in [0.3, 0.4) is 0 Å². The van der Waals surface area contributed by atoms with Gasteiger partial charge in [0, 0.05) is 13.1 Å². The fourth-order valence-electron chi connectivity index (χ4n) is 2.20. The summed E-state index contributed by atoms with van der Waals surface area (Å²) >= 11 is 0. The number of nitrogens with zero attached hydrogens (tertiary/aromatic N) is 1. The van der Waals surface area contributed by atoms with E-state index in [4.69, 9.17) is 0 Å². The van der Waals surface area contributed by atoms with Crippen LogP contribution in [-0.2, 0) is 10.2 Å². The van der Waals surface area contributed by atoms with Crippen LogP contribution in [0.2, 0.25) is 0 Å². The zero-order valence-corrected chi connectivity index (χ0v) is 12.1. The number of piperidine rings is 1. The van der Waals surface area contributed by atoms with Gasteiger partial charge in [-0.1, -0.05) is 19.1 Å². The van der Waals surface area contributed by atoms with Crippen LogP contribution in [-0.4, -0.2) is 30.9 Å². The number of anilines is 1. The number of para-hydroxylation sites is 1. The number of phenolic OH excluding ortho intramolecular Hbond substituents is 1. The van der Waals surface area contributed by atoms with Crippen LogP contribution < -0.4 is 4.72 Å². The number of aromatic hydroxyl groups is 1. The number of phenols is 1. The summed E-state index contributed by atoms with van der Waals surface area (Å²) in [7, 11) is -3.58. The molecule has 19 heavy (non-hydrogen) atoms. The standard InChI is InChI=1S/C13H20N2O3S/c1-10-6-8-15(9-7-10)19(17,18)14-13-11(2)4-3-5-12(13)16/h3-5,10,14,16H,6-9H2,1-2H3. The van der Waals surface area contributed by atoms with E-state index in [9.17, 15) is 13.5 Å². The second-order valence-corrected chi connectivity index (χ2v) is 6.83. The zero-order chi connectivity index (χ0) is 14.0. The molecule has 2 rings (SSSR count). The highest BCUT2D eigenvalue weighted by Gasteiger charge is 2.27. The van der Waals surface area contributed by atoms with E-state index in [1.165, 1.54) is 10.4 Å². The lowest BCUT2D eigenvalue weighted by Gasteiger charge is -2.29. The first kappa shape index (κ1) is 14.1. The molecule has 2 N–H and O–H groups in total. The number of benzene rings is 1. The van der Waals surface area contributed by atoms with Crippen LogP contribution in [0.5, 0.6) is 5.75 Å². The molecule has 1 aromatic carbocycles. The predicted octanol–water partition coefficient (Wildman–Crippen LogP) is 2.09. The Hall–Kier alpha value is -1.27. The van der Waals surface area contributed by atoms with Crippen LogP contribution in [0.4, 0.5) is 5.69 Å². The van der Waals surface area contributed by atoms with Gasteiger partial charge in [0.25, 0.3) is 0 Å². The van der Waals surface area contributed by atoms with Gasteiger partial charge in [-0.2, -0.15) is 12.7 Å². The van der Waals surface area contributed by atoms with E-state index in [-0.39, 0.29) is 11.4 Å². The summed E-state index contributed by atoms with van der Waals surface area (Å²) in [6, 6.07) is 4.92. The van der Waals surface area contributed by atoms with E-state index in [1.807, 2.05) is 0 Å². The first-order chi connectivity index (χ1) is 8.90. The summed E-state index contributed by atoms with van der Waals surface area (Å²) < 4.78 is 28.5. The van der Waals surface area contributed by atoms with Gasteiger partial charge in [0.05, 0.1) is 5.69 Å². The number of nitrogens with one attached hydrogen (secondary N) is 1. The molecule has 0 unspecified atom stereocenters. The lowest BCUT2D eigenvalue weighted by Crippen LogP contribution is -2.41. The maximum absolute atomic E-state index is 12.3. The summed E-state index contributed by atoms with van der Waals surface area (Å²) in [5, 5.41) is 9.75. The van der Waals surface area contributed by atoms with E-state index < -0.39 is 10.2 Å². The maximum Gasteiger partial charge on any atom is 0.301 e. The topological polar surface area (TPSA) is 69.6 Å². The molecule has 106 valence electrons. The van der Waals surface area contributed by atoms with Gasteiger partial charge < -0.3 is 5.11 Å². The molecule has 1 aliphatic rings. The van der Waals surface area contributed by atoms with Gasteiger partial charge in [-0.25, -0.2) is 0 Å². The third-order valence-electron chi connectivity index (χ3n) is 3.56. The highest BCUT2D eigenvalue weighted by atomic mass is 32.2. The molecule has 1 saturated heterocycles. The second-order valence-electron chi connectivity index (χ2n) is 5.16. The van der Waals surface area contributed by atoms with Gasteiger partial charge >= 0.3 is 10.2 Å². The number of aryl methyl sites for hydroxylation is 1. The average Bonchev–Trinajstić information content (AvgIpc) is 2.35. The van der Waals surface area contributed by atoms with E-state index in [2.05, 4.69) is 11.6 Å². The van der Waals surface area contributed by atoms with Crippen molar-refractivity contribution < 1.29 is 13.5 Å². The Bertz CT molecular complexity index is 529. The molecule has 0 radical (unpaired) electrons. The fraction of sp³-hybridized carbons (Fsp3) is 0.538. The molecule has 0 atom stereocenters. The van der Waals surface area contributed by atoms with Crippen LogP contribution in [0, 0.1) is 12.8 Å². The van der Waals surface area contributed by atoms with Crippen molar-refractivity contribution >= 4 is 15.9 Å². The second kappa shape index (κ2) is 5.38. The molecule has 1 fully saturated rings. The Labute approximate surface area is 114 Å². The van der Waals surface area contributed by atoms with Gasteiger partial charge in [0.1, 0.15) is 5.75 Å². The lowest BCUT2D eigenvalue weighted by atomic mass is 10.0. The van der Waals surface area contributed by atoms with Crippen LogP contribution in [0.15, 0.2) is 18.2 Å². The quantitative estimate of drug-likeness (QED) is 0.835. The van der Waals surface area contributed by atoms with Crippen molar-refractivity contribution in [2.24, 2.45) is 5.92 Å². The highest BCUT2D eigenvalue weighted by Crippen LogP contribution is 2.29.